The molecule has 1 aromatic heterocycles. The summed E-state index contributed by atoms with van der Waals surface area (Å²) in [5.41, 5.74) is -2.38. The topological polar surface area (TPSA) is 110 Å². The summed E-state index contributed by atoms with van der Waals surface area (Å²) in [7, 11) is -2.70. The number of alkyl halides is 3. The molecular weight excluding hydrogens is 490 g/mol. The van der Waals surface area contributed by atoms with Crippen molar-refractivity contribution in [3.05, 3.63) is 87.8 Å². The minimum Gasteiger partial charge on any atom is -0.453 e. The summed E-state index contributed by atoms with van der Waals surface area (Å²) in [6.07, 6.45) is -3.64. The summed E-state index contributed by atoms with van der Waals surface area (Å²) >= 11 is 0. The molecule has 0 saturated heterocycles. The Hall–Kier alpha value is -3.38. The number of carbonyl (C=O) groups excluding carboxylic acids is 1. The van der Waals surface area contributed by atoms with E-state index in [1.807, 2.05) is 0 Å². The average molecular weight is 504 g/mol. The van der Waals surface area contributed by atoms with Crippen LogP contribution in [0.25, 0.3) is 0 Å². The van der Waals surface area contributed by atoms with E-state index in [4.69, 9.17) is 14.5 Å². The van der Waals surface area contributed by atoms with Crippen LogP contribution in [-0.4, -0.2) is 20.3 Å². The molecule has 0 radical (unpaired) electrons. The van der Waals surface area contributed by atoms with Crippen molar-refractivity contribution in [2.75, 3.05) is 5.32 Å². The van der Waals surface area contributed by atoms with Gasteiger partial charge in [-0.2, -0.15) is 13.2 Å². The fraction of sp³-hybridized carbons (Fsp3) is 0.100. The second-order valence-electron chi connectivity index (χ2n) is 6.57. The Balaban J connectivity index is 1.91. The third kappa shape index (κ3) is 6.35. The van der Waals surface area contributed by atoms with Gasteiger partial charge in [0.1, 0.15) is 18.3 Å². The van der Waals surface area contributed by atoms with Gasteiger partial charge in [-0.25, -0.2) is 8.78 Å². The molecule has 0 aliphatic rings. The number of hydrogen-bond acceptors (Lipinski definition) is 6. The summed E-state index contributed by atoms with van der Waals surface area (Å²) < 4.78 is 77.2. The second kappa shape index (κ2) is 10.3. The number of carbonyl (C=O) groups is 1. The smallest absolute Gasteiger partial charge is 0.416 e. The number of halogens is 5. The molecule has 0 saturated carbocycles. The van der Waals surface area contributed by atoms with Crippen LogP contribution in [0.1, 0.15) is 15.9 Å². The van der Waals surface area contributed by atoms with Crippen LogP contribution < -0.4 is 15.6 Å². The zero-order valence-corrected chi connectivity index (χ0v) is 17.6. The first-order valence-corrected chi connectivity index (χ1v) is 10.3. The van der Waals surface area contributed by atoms with Crippen molar-refractivity contribution in [1.82, 2.24) is 4.57 Å². The number of hydrogen-bond donors (Lipinski definition) is 3. The lowest BCUT2D eigenvalue weighted by Gasteiger charge is -2.15. The molecule has 0 spiro atoms. The van der Waals surface area contributed by atoms with Gasteiger partial charge in [0.25, 0.3) is 11.5 Å². The summed E-state index contributed by atoms with van der Waals surface area (Å²) in [6, 6.07) is 6.20. The molecule has 3 aromatic rings. The lowest BCUT2D eigenvalue weighted by Crippen LogP contribution is -2.21. The van der Waals surface area contributed by atoms with Gasteiger partial charge >= 0.3 is 14.8 Å². The summed E-state index contributed by atoms with van der Waals surface area (Å²) in [6.45, 7) is -0.480. The molecule has 3 N–H and O–H groups in total. The Labute approximate surface area is 188 Å². The molecule has 14 heteroatoms. The van der Waals surface area contributed by atoms with Crippen molar-refractivity contribution < 1.29 is 45.8 Å². The van der Waals surface area contributed by atoms with Crippen molar-refractivity contribution >= 4 is 20.2 Å². The molecule has 180 valence electrons. The average Bonchev–Trinajstić information content (AvgIpc) is 2.74. The normalized spacial score (nSPS) is 11.5. The van der Waals surface area contributed by atoms with E-state index in [2.05, 4.69) is 9.84 Å². The number of amides is 1. The monoisotopic (exact) mass is 504 g/mol. The van der Waals surface area contributed by atoms with E-state index in [-0.39, 0.29) is 5.69 Å². The first kappa shape index (κ1) is 25.2. The maximum atomic E-state index is 14.0. The highest BCUT2D eigenvalue weighted by atomic mass is 31.2. The summed E-state index contributed by atoms with van der Waals surface area (Å²) in [4.78, 5) is 42.2. The predicted octanol–water partition coefficient (Wildman–Crippen LogP) is 4.38. The molecule has 2 aromatic carbocycles. The molecule has 8 nitrogen and oxygen atoms in total. The van der Waals surface area contributed by atoms with E-state index in [9.17, 15) is 31.5 Å². The number of anilines is 1. The van der Waals surface area contributed by atoms with E-state index in [0.29, 0.717) is 18.2 Å². The van der Waals surface area contributed by atoms with Gasteiger partial charge in [-0.1, -0.05) is 0 Å². The van der Waals surface area contributed by atoms with Crippen LogP contribution in [0.5, 0.6) is 11.5 Å². The maximum absolute atomic E-state index is 14.0. The van der Waals surface area contributed by atoms with Gasteiger partial charge in [-0.05, 0) is 36.4 Å². The molecule has 0 unspecified atom stereocenters. The van der Waals surface area contributed by atoms with Gasteiger partial charge < -0.3 is 19.8 Å². The maximum Gasteiger partial charge on any atom is 0.416 e. The molecule has 0 fully saturated rings. The van der Waals surface area contributed by atoms with Crippen molar-refractivity contribution in [1.29, 1.82) is 0 Å². The van der Waals surface area contributed by atoms with Crippen molar-refractivity contribution in [3.8, 4) is 11.5 Å². The molecule has 1 amide bonds. The lowest BCUT2D eigenvalue weighted by molar-refractivity contribution is -0.137. The lowest BCUT2D eigenvalue weighted by atomic mass is 10.1. The zero-order chi connectivity index (χ0) is 25.0. The van der Waals surface area contributed by atoms with E-state index >= 15 is 0 Å². The fourth-order valence-corrected chi connectivity index (χ4v) is 2.88. The number of nitrogens with zero attached hydrogens (tertiary/aromatic N) is 1. The van der Waals surface area contributed by atoms with Gasteiger partial charge in [-0.15, -0.1) is 0 Å². The van der Waals surface area contributed by atoms with Gasteiger partial charge in [0.05, 0.1) is 11.1 Å². The van der Waals surface area contributed by atoms with Gasteiger partial charge in [0, 0.05) is 24.0 Å². The van der Waals surface area contributed by atoms with Crippen LogP contribution >= 0.6 is 8.60 Å². The first-order valence-electron chi connectivity index (χ1n) is 9.11. The fourth-order valence-electron chi connectivity index (χ4n) is 2.65. The number of benzene rings is 2. The Bertz CT molecular complexity index is 1260. The van der Waals surface area contributed by atoms with E-state index in [0.717, 1.165) is 35.0 Å². The van der Waals surface area contributed by atoms with Crippen molar-refractivity contribution in [3.63, 3.8) is 0 Å². The van der Waals surface area contributed by atoms with Crippen LogP contribution in [-0.2, 0) is 17.4 Å². The Morgan fingerprint density at radius 2 is 1.76 bits per heavy atom. The standard InChI is InChI=1S/C20H14F5N2O6P/c21-12-2-4-16(15(22)8-12)33-17-7-11(20(23,24)25)1-3-14(17)19(29)26-13-5-6-27(18(28)9-13)10-32-34(30)31/h1-9,30-31H,10H2,(H,26,29). The van der Waals surface area contributed by atoms with Gasteiger partial charge in [0.15, 0.2) is 11.6 Å². The third-order valence-corrected chi connectivity index (χ3v) is 4.58. The van der Waals surface area contributed by atoms with Crippen LogP contribution in [0.2, 0.25) is 0 Å². The predicted molar refractivity (Wildman–Crippen MR) is 109 cm³/mol. The molecule has 0 aliphatic carbocycles. The van der Waals surface area contributed by atoms with Gasteiger partial charge in [0.2, 0.25) is 0 Å². The van der Waals surface area contributed by atoms with E-state index in [1.165, 1.54) is 6.07 Å². The molecule has 1 heterocycles. The highest BCUT2D eigenvalue weighted by Gasteiger charge is 2.32. The second-order valence-corrected chi connectivity index (χ2v) is 7.34. The molecule has 0 bridgehead atoms. The molecule has 3 rings (SSSR count). The first-order chi connectivity index (χ1) is 15.9. The van der Waals surface area contributed by atoms with Crippen LogP contribution in [0.4, 0.5) is 27.6 Å². The minimum absolute atomic E-state index is 0.0553. The van der Waals surface area contributed by atoms with Gasteiger partial charge in [-0.3, -0.25) is 18.7 Å². The highest BCUT2D eigenvalue weighted by Crippen LogP contribution is 2.36. The number of rotatable bonds is 7. The SMILES string of the molecule is O=C(Nc1ccn(COP(O)O)c(=O)c1)c1ccc(C(F)(F)F)cc1Oc1ccc(F)cc1F. The Morgan fingerprint density at radius 3 is 2.38 bits per heavy atom. The van der Waals surface area contributed by atoms with Crippen LogP contribution in [0.15, 0.2) is 59.5 Å². The number of nitrogens with one attached hydrogen (secondary N) is 1. The highest BCUT2D eigenvalue weighted by molar-refractivity contribution is 7.39. The number of aromatic nitrogens is 1. The third-order valence-electron chi connectivity index (χ3n) is 4.23. The van der Waals surface area contributed by atoms with Crippen LogP contribution in [0.3, 0.4) is 0 Å². The Morgan fingerprint density at radius 1 is 1.03 bits per heavy atom. The largest absolute Gasteiger partial charge is 0.453 e. The number of ether oxygens (including phenoxy) is 1. The molecule has 0 aliphatic heterocycles. The van der Waals surface area contributed by atoms with E-state index < -0.39 is 67.2 Å². The van der Waals surface area contributed by atoms with Crippen molar-refractivity contribution in [2.24, 2.45) is 0 Å². The van der Waals surface area contributed by atoms with Crippen molar-refractivity contribution in [2.45, 2.75) is 12.9 Å². The summed E-state index contributed by atoms with van der Waals surface area (Å²) in [5.74, 6) is -4.43. The van der Waals surface area contributed by atoms with Crippen LogP contribution in [0, 0.1) is 11.6 Å². The Kier molecular flexibility index (Phi) is 7.62. The number of pyridine rings is 1. The quantitative estimate of drug-likeness (QED) is 0.326. The molecule has 0 atom stereocenters. The summed E-state index contributed by atoms with van der Waals surface area (Å²) in [5, 5.41) is 2.30. The molecule has 34 heavy (non-hydrogen) atoms. The minimum atomic E-state index is -4.80. The zero-order valence-electron chi connectivity index (χ0n) is 16.7. The van der Waals surface area contributed by atoms with E-state index in [1.54, 1.807) is 0 Å². The molecular formula is C20H14F5N2O6P.